The molecule has 0 spiro atoms. The number of nitrogens with zero attached hydrogens (tertiary/aromatic N) is 2. The molecule has 46 heavy (non-hydrogen) atoms. The van der Waals surface area contributed by atoms with E-state index in [4.69, 9.17) is 4.74 Å². The second-order valence-electron chi connectivity index (χ2n) is 12.1. The molecule has 1 atom stereocenters. The number of carbonyl (C=O) groups is 2. The van der Waals surface area contributed by atoms with Crippen LogP contribution in [0.3, 0.4) is 0 Å². The molecule has 4 aromatic carbocycles. The summed E-state index contributed by atoms with van der Waals surface area (Å²) in [6.07, 6.45) is 0.197. The zero-order valence-electron chi connectivity index (χ0n) is 26.7. The molecule has 0 radical (unpaired) electrons. The monoisotopic (exact) mass is 645 g/mol. The van der Waals surface area contributed by atoms with Gasteiger partial charge in [-0.1, -0.05) is 54.6 Å². The van der Waals surface area contributed by atoms with Crippen LogP contribution in [0.2, 0.25) is 0 Å². The zero-order valence-corrected chi connectivity index (χ0v) is 27.6. The average molecular weight is 646 g/mol. The molecule has 0 fully saturated rings. The highest BCUT2D eigenvalue weighted by Gasteiger charge is 2.35. The topological polar surface area (TPSA) is 96.0 Å². The van der Waals surface area contributed by atoms with Gasteiger partial charge in [0.05, 0.1) is 17.7 Å². The van der Waals surface area contributed by atoms with Gasteiger partial charge in [0.15, 0.2) is 0 Å². The highest BCUT2D eigenvalue weighted by molar-refractivity contribution is 7.92. The predicted octanol–water partition coefficient (Wildman–Crippen LogP) is 5.89. The summed E-state index contributed by atoms with van der Waals surface area (Å²) in [6.45, 7) is 6.90. The zero-order chi connectivity index (χ0) is 33.5. The van der Waals surface area contributed by atoms with Gasteiger partial charge in [0.25, 0.3) is 10.0 Å². The number of ether oxygens (including phenoxy) is 1. The van der Waals surface area contributed by atoms with Crippen molar-refractivity contribution in [2.24, 2.45) is 0 Å². The Bertz CT molecular complexity index is 1740. The fraction of sp³-hybridized carbons (Fsp3) is 0.278. The summed E-state index contributed by atoms with van der Waals surface area (Å²) in [6, 6.07) is 26.6. The molecule has 4 rings (SSSR count). The van der Waals surface area contributed by atoms with Crippen molar-refractivity contribution in [3.63, 3.8) is 0 Å². The van der Waals surface area contributed by atoms with Gasteiger partial charge in [-0.3, -0.25) is 13.9 Å². The van der Waals surface area contributed by atoms with Gasteiger partial charge >= 0.3 is 0 Å². The van der Waals surface area contributed by atoms with Crippen LogP contribution in [0.4, 0.5) is 10.1 Å². The van der Waals surface area contributed by atoms with E-state index in [1.54, 1.807) is 0 Å². The molecule has 0 saturated heterocycles. The number of hydrogen-bond donors (Lipinski definition) is 1. The molecule has 4 aromatic rings. The fourth-order valence-corrected chi connectivity index (χ4v) is 6.40. The molecule has 10 heteroatoms. The van der Waals surface area contributed by atoms with Gasteiger partial charge in [0, 0.05) is 18.5 Å². The molecule has 0 aliphatic rings. The van der Waals surface area contributed by atoms with Crippen molar-refractivity contribution in [2.45, 2.75) is 57.1 Å². The predicted molar refractivity (Wildman–Crippen MR) is 177 cm³/mol. The van der Waals surface area contributed by atoms with Crippen LogP contribution < -0.4 is 14.4 Å². The van der Waals surface area contributed by atoms with E-state index in [1.807, 2.05) is 82.3 Å². The van der Waals surface area contributed by atoms with E-state index in [-0.39, 0.29) is 29.5 Å². The van der Waals surface area contributed by atoms with Crippen LogP contribution in [-0.2, 0) is 32.6 Å². The molecule has 0 saturated carbocycles. The van der Waals surface area contributed by atoms with Crippen molar-refractivity contribution >= 4 is 27.5 Å². The van der Waals surface area contributed by atoms with E-state index >= 15 is 0 Å². The quantitative estimate of drug-likeness (QED) is 0.207. The van der Waals surface area contributed by atoms with Crippen molar-refractivity contribution in [3.8, 4) is 5.75 Å². The smallest absolute Gasteiger partial charge is 0.264 e. The highest BCUT2D eigenvalue weighted by atomic mass is 32.2. The van der Waals surface area contributed by atoms with E-state index in [1.165, 1.54) is 48.4 Å². The van der Waals surface area contributed by atoms with Crippen molar-refractivity contribution in [3.05, 3.63) is 126 Å². The molecule has 242 valence electrons. The number of nitrogens with one attached hydrogen (secondary N) is 1. The van der Waals surface area contributed by atoms with Crippen LogP contribution in [0, 0.1) is 12.7 Å². The van der Waals surface area contributed by atoms with Gasteiger partial charge in [0.2, 0.25) is 11.8 Å². The molecule has 8 nitrogen and oxygen atoms in total. The Balaban J connectivity index is 1.82. The van der Waals surface area contributed by atoms with Crippen LogP contribution in [0.25, 0.3) is 0 Å². The minimum Gasteiger partial charge on any atom is -0.497 e. The van der Waals surface area contributed by atoms with Crippen molar-refractivity contribution < 1.29 is 27.1 Å². The first-order valence-electron chi connectivity index (χ1n) is 14.9. The Labute approximate surface area is 270 Å². The third kappa shape index (κ3) is 8.72. The number of methoxy groups -OCH3 is 1. The molecule has 0 aliphatic carbocycles. The van der Waals surface area contributed by atoms with Crippen molar-refractivity contribution in [1.29, 1.82) is 0 Å². The first-order valence-corrected chi connectivity index (χ1v) is 16.3. The lowest BCUT2D eigenvalue weighted by molar-refractivity contribution is -0.140. The van der Waals surface area contributed by atoms with Crippen molar-refractivity contribution in [1.82, 2.24) is 10.2 Å². The Kier molecular flexibility index (Phi) is 10.8. The van der Waals surface area contributed by atoms with Gasteiger partial charge in [-0.15, -0.1) is 0 Å². The summed E-state index contributed by atoms with van der Waals surface area (Å²) in [4.78, 5) is 29.9. The molecule has 2 amide bonds. The Morgan fingerprint density at radius 1 is 0.870 bits per heavy atom. The molecule has 0 unspecified atom stereocenters. The second-order valence-corrected chi connectivity index (χ2v) is 13.9. The van der Waals surface area contributed by atoms with Gasteiger partial charge in [0.1, 0.15) is 24.2 Å². The van der Waals surface area contributed by atoms with Gasteiger partial charge in [-0.25, -0.2) is 12.8 Å². The standard InChI is InChI=1S/C36H40FN3O5S/c1-26-11-9-10-14-28(26)24-39(33(35(42)38-36(2,3)4)23-27-12-7-6-8-13-27)34(41)25-40(30-17-15-29(37)16-18-30)46(43,44)32-21-19-31(45-5)20-22-32/h6-22,33H,23-25H2,1-5H3,(H,38,42)/t33-/m0/s1. The highest BCUT2D eigenvalue weighted by Crippen LogP contribution is 2.27. The molecule has 0 heterocycles. The molecule has 0 bridgehead atoms. The number of aryl methyl sites for hydroxylation is 1. The number of hydrogen-bond acceptors (Lipinski definition) is 5. The van der Waals surface area contributed by atoms with E-state index in [0.29, 0.717) is 5.75 Å². The number of amides is 2. The van der Waals surface area contributed by atoms with E-state index in [2.05, 4.69) is 5.32 Å². The number of anilines is 1. The van der Waals surface area contributed by atoms with Crippen LogP contribution in [0.5, 0.6) is 5.75 Å². The summed E-state index contributed by atoms with van der Waals surface area (Å²) >= 11 is 0. The minimum atomic E-state index is -4.33. The summed E-state index contributed by atoms with van der Waals surface area (Å²) in [5, 5.41) is 3.02. The first kappa shape index (κ1) is 34.2. The number of rotatable bonds is 12. The molecular weight excluding hydrogens is 605 g/mol. The number of halogens is 1. The van der Waals surface area contributed by atoms with E-state index in [9.17, 15) is 22.4 Å². The van der Waals surface area contributed by atoms with E-state index < -0.39 is 39.9 Å². The summed E-state index contributed by atoms with van der Waals surface area (Å²) in [5.41, 5.74) is 2.06. The molecule has 0 aromatic heterocycles. The van der Waals surface area contributed by atoms with E-state index in [0.717, 1.165) is 33.1 Å². The maximum atomic E-state index is 14.5. The molecule has 0 aliphatic heterocycles. The third-order valence-electron chi connectivity index (χ3n) is 7.41. The fourth-order valence-electron chi connectivity index (χ4n) is 4.99. The number of carbonyl (C=O) groups excluding carboxylic acids is 2. The first-order chi connectivity index (χ1) is 21.8. The number of sulfonamides is 1. The third-order valence-corrected chi connectivity index (χ3v) is 9.20. The van der Waals surface area contributed by atoms with Crippen LogP contribution in [0.15, 0.2) is 108 Å². The summed E-state index contributed by atoms with van der Waals surface area (Å²) in [5.74, 6) is -1.07. The lowest BCUT2D eigenvalue weighted by Crippen LogP contribution is -2.56. The van der Waals surface area contributed by atoms with Crippen LogP contribution >= 0.6 is 0 Å². The Morgan fingerprint density at radius 3 is 2.07 bits per heavy atom. The Hall–Kier alpha value is -4.70. The maximum absolute atomic E-state index is 14.5. The normalized spacial score (nSPS) is 12.2. The second kappa shape index (κ2) is 14.6. The van der Waals surface area contributed by atoms with Gasteiger partial charge < -0.3 is 15.0 Å². The van der Waals surface area contributed by atoms with Crippen LogP contribution in [-0.4, -0.2) is 50.4 Å². The lowest BCUT2D eigenvalue weighted by Gasteiger charge is -2.35. The summed E-state index contributed by atoms with van der Waals surface area (Å²) in [7, 11) is -2.86. The largest absolute Gasteiger partial charge is 0.497 e. The Morgan fingerprint density at radius 2 is 1.48 bits per heavy atom. The number of benzene rings is 4. The summed E-state index contributed by atoms with van der Waals surface area (Å²) < 4.78 is 48.3. The average Bonchev–Trinajstić information content (AvgIpc) is 3.02. The van der Waals surface area contributed by atoms with Gasteiger partial charge in [-0.2, -0.15) is 0 Å². The maximum Gasteiger partial charge on any atom is 0.264 e. The molecule has 1 N–H and O–H groups in total. The lowest BCUT2D eigenvalue weighted by atomic mass is 10.00. The minimum absolute atomic E-state index is 0.0560. The van der Waals surface area contributed by atoms with Gasteiger partial charge in [-0.05, 0) is 92.9 Å². The molecular formula is C36H40FN3O5S. The van der Waals surface area contributed by atoms with Crippen molar-refractivity contribution in [2.75, 3.05) is 18.0 Å². The SMILES string of the molecule is COc1ccc(S(=O)(=O)N(CC(=O)N(Cc2ccccc2C)[C@@H](Cc2ccccc2)C(=O)NC(C)(C)C)c2ccc(F)cc2)cc1. The van der Waals surface area contributed by atoms with Crippen LogP contribution in [0.1, 0.15) is 37.5 Å².